The van der Waals surface area contributed by atoms with E-state index in [0.717, 1.165) is 5.69 Å². The normalized spacial score (nSPS) is 17.2. The molecule has 1 aromatic heterocycles. The fourth-order valence-corrected chi connectivity index (χ4v) is 2.77. The van der Waals surface area contributed by atoms with Gasteiger partial charge in [-0.15, -0.1) is 0 Å². The fourth-order valence-electron chi connectivity index (χ4n) is 2.77. The van der Waals surface area contributed by atoms with Crippen molar-refractivity contribution in [3.8, 4) is 11.5 Å². The van der Waals surface area contributed by atoms with Crippen LogP contribution in [0.4, 0.5) is 5.82 Å². The highest BCUT2D eigenvalue weighted by Gasteiger charge is 2.27. The van der Waals surface area contributed by atoms with Crippen LogP contribution in [0, 0.1) is 0 Å². The Balaban J connectivity index is 1.80. The Morgan fingerprint density at radius 2 is 1.96 bits per heavy atom. The van der Waals surface area contributed by atoms with Gasteiger partial charge in [-0.2, -0.15) is 0 Å². The molecule has 7 heteroatoms. The van der Waals surface area contributed by atoms with Crippen molar-refractivity contribution in [1.29, 1.82) is 0 Å². The van der Waals surface area contributed by atoms with Crippen LogP contribution in [0.25, 0.3) is 0 Å². The predicted octanol–water partition coefficient (Wildman–Crippen LogP) is 1.89. The average molecular weight is 343 g/mol. The Morgan fingerprint density at radius 3 is 2.60 bits per heavy atom. The highest BCUT2D eigenvalue weighted by molar-refractivity contribution is 5.95. The number of carbonyl (C=O) groups excluding carboxylic acids is 1. The number of nitrogens with zero attached hydrogens (tertiary/aromatic N) is 2. The number of pyridine rings is 1. The minimum absolute atomic E-state index is 0.102. The van der Waals surface area contributed by atoms with E-state index in [2.05, 4.69) is 4.98 Å². The number of nitrogen functional groups attached to an aromatic ring is 1. The first-order valence-corrected chi connectivity index (χ1v) is 7.97. The van der Waals surface area contributed by atoms with Crippen molar-refractivity contribution in [2.24, 2.45) is 0 Å². The molecule has 1 atom stereocenters. The van der Waals surface area contributed by atoms with Crippen molar-refractivity contribution < 1.29 is 19.0 Å². The van der Waals surface area contributed by atoms with Gasteiger partial charge in [0.1, 0.15) is 23.4 Å². The summed E-state index contributed by atoms with van der Waals surface area (Å²) in [6.07, 6.45) is -0.297. The molecule has 2 heterocycles. The van der Waals surface area contributed by atoms with Crippen molar-refractivity contribution in [2.75, 3.05) is 39.6 Å². The number of carbonyl (C=O) groups is 1. The van der Waals surface area contributed by atoms with E-state index < -0.39 is 0 Å². The first kappa shape index (κ1) is 17.0. The minimum atomic E-state index is -0.297. The predicted molar refractivity (Wildman–Crippen MR) is 92.8 cm³/mol. The van der Waals surface area contributed by atoms with Gasteiger partial charge in [0.05, 0.1) is 33.1 Å². The molecule has 1 aliphatic heterocycles. The number of aromatic nitrogens is 1. The number of nitrogens with two attached hydrogens (primary N) is 1. The summed E-state index contributed by atoms with van der Waals surface area (Å²) < 4.78 is 16.2. The molecule has 2 aromatic rings. The summed E-state index contributed by atoms with van der Waals surface area (Å²) in [6, 6.07) is 10.5. The second-order valence-corrected chi connectivity index (χ2v) is 5.70. The van der Waals surface area contributed by atoms with E-state index in [1.54, 1.807) is 43.4 Å². The molecule has 3 rings (SSSR count). The average Bonchev–Trinajstić information content (AvgIpc) is 2.67. The number of morpholine rings is 1. The van der Waals surface area contributed by atoms with Gasteiger partial charge in [0.25, 0.3) is 5.91 Å². The van der Waals surface area contributed by atoms with Crippen molar-refractivity contribution in [3.05, 3.63) is 47.7 Å². The van der Waals surface area contributed by atoms with Gasteiger partial charge in [-0.05, 0) is 24.3 Å². The van der Waals surface area contributed by atoms with E-state index in [1.807, 2.05) is 12.1 Å². The topological polar surface area (TPSA) is 86.9 Å². The van der Waals surface area contributed by atoms with Crippen molar-refractivity contribution >= 4 is 11.7 Å². The summed E-state index contributed by atoms with van der Waals surface area (Å²) in [6.45, 7) is 1.36. The maximum Gasteiger partial charge on any atom is 0.254 e. The Kier molecular flexibility index (Phi) is 5.04. The number of amides is 1. The lowest BCUT2D eigenvalue weighted by atomic mass is 10.1. The third kappa shape index (κ3) is 3.83. The molecule has 1 aliphatic rings. The molecule has 0 saturated carbocycles. The molecule has 0 aliphatic carbocycles. The minimum Gasteiger partial charge on any atom is -0.497 e. The van der Waals surface area contributed by atoms with Crippen molar-refractivity contribution in [2.45, 2.75) is 6.10 Å². The number of hydrogen-bond donors (Lipinski definition) is 1. The van der Waals surface area contributed by atoms with E-state index in [9.17, 15) is 4.79 Å². The van der Waals surface area contributed by atoms with Gasteiger partial charge in [0.15, 0.2) is 0 Å². The van der Waals surface area contributed by atoms with Crippen LogP contribution in [-0.4, -0.2) is 49.7 Å². The lowest BCUT2D eigenvalue weighted by Crippen LogP contribution is -2.42. The lowest BCUT2D eigenvalue weighted by molar-refractivity contribution is -0.0246. The van der Waals surface area contributed by atoms with E-state index in [1.165, 1.54) is 0 Å². The molecule has 25 heavy (non-hydrogen) atoms. The molecule has 0 spiro atoms. The van der Waals surface area contributed by atoms with Gasteiger partial charge >= 0.3 is 0 Å². The van der Waals surface area contributed by atoms with Gasteiger partial charge < -0.3 is 24.8 Å². The fraction of sp³-hybridized carbons (Fsp3) is 0.333. The maximum atomic E-state index is 12.9. The zero-order chi connectivity index (χ0) is 17.8. The SMILES string of the molecule is COc1cc(OC)cc(C(=O)N2CCO[C@@H](c3cccc(N)n3)C2)c1. The van der Waals surface area contributed by atoms with Crippen LogP contribution in [0.15, 0.2) is 36.4 Å². The van der Waals surface area contributed by atoms with E-state index in [4.69, 9.17) is 19.9 Å². The van der Waals surface area contributed by atoms with Gasteiger partial charge in [0, 0.05) is 18.2 Å². The van der Waals surface area contributed by atoms with Gasteiger partial charge in [-0.25, -0.2) is 4.98 Å². The number of hydrogen-bond acceptors (Lipinski definition) is 6. The Bertz CT molecular complexity index is 743. The second kappa shape index (κ2) is 7.40. The number of anilines is 1. The van der Waals surface area contributed by atoms with Crippen LogP contribution < -0.4 is 15.2 Å². The van der Waals surface area contributed by atoms with Crippen LogP contribution in [0.5, 0.6) is 11.5 Å². The maximum absolute atomic E-state index is 12.9. The molecule has 1 amide bonds. The quantitative estimate of drug-likeness (QED) is 0.912. The highest BCUT2D eigenvalue weighted by atomic mass is 16.5. The number of benzene rings is 1. The largest absolute Gasteiger partial charge is 0.497 e. The van der Waals surface area contributed by atoms with Crippen LogP contribution in [-0.2, 0) is 4.74 Å². The highest BCUT2D eigenvalue weighted by Crippen LogP contribution is 2.26. The summed E-state index contributed by atoms with van der Waals surface area (Å²) in [5.41, 5.74) is 6.97. The van der Waals surface area contributed by atoms with E-state index in [-0.39, 0.29) is 12.0 Å². The zero-order valence-corrected chi connectivity index (χ0v) is 14.3. The Morgan fingerprint density at radius 1 is 1.24 bits per heavy atom. The number of methoxy groups -OCH3 is 2. The van der Waals surface area contributed by atoms with Crippen LogP contribution in [0.2, 0.25) is 0 Å². The third-order valence-corrected chi connectivity index (χ3v) is 4.07. The molecule has 1 fully saturated rings. The molecule has 1 aromatic carbocycles. The first-order valence-electron chi connectivity index (χ1n) is 7.97. The van der Waals surface area contributed by atoms with Crippen LogP contribution in [0.3, 0.4) is 0 Å². The molecule has 2 N–H and O–H groups in total. The summed E-state index contributed by atoms with van der Waals surface area (Å²) in [5.74, 6) is 1.48. The second-order valence-electron chi connectivity index (χ2n) is 5.70. The van der Waals surface area contributed by atoms with Crippen LogP contribution >= 0.6 is 0 Å². The monoisotopic (exact) mass is 343 g/mol. The molecular formula is C18H21N3O4. The Hall–Kier alpha value is -2.80. The Labute approximate surface area is 146 Å². The molecule has 132 valence electrons. The smallest absolute Gasteiger partial charge is 0.254 e. The van der Waals surface area contributed by atoms with E-state index >= 15 is 0 Å². The summed E-state index contributed by atoms with van der Waals surface area (Å²) in [5, 5.41) is 0. The molecule has 1 saturated heterocycles. The molecule has 0 bridgehead atoms. The number of rotatable bonds is 4. The van der Waals surface area contributed by atoms with Gasteiger partial charge in [-0.3, -0.25) is 4.79 Å². The standard InChI is InChI=1S/C18H21N3O4/c1-23-13-8-12(9-14(10-13)24-2)18(22)21-6-7-25-16(11-21)15-4-3-5-17(19)20-15/h3-5,8-10,16H,6-7,11H2,1-2H3,(H2,19,20)/t16-/m1/s1. The van der Waals surface area contributed by atoms with Gasteiger partial charge in [0.2, 0.25) is 0 Å². The molecule has 0 unspecified atom stereocenters. The zero-order valence-electron chi connectivity index (χ0n) is 14.3. The van der Waals surface area contributed by atoms with Crippen LogP contribution in [0.1, 0.15) is 22.2 Å². The summed E-state index contributed by atoms with van der Waals surface area (Å²) in [7, 11) is 3.11. The lowest BCUT2D eigenvalue weighted by Gasteiger charge is -2.33. The third-order valence-electron chi connectivity index (χ3n) is 4.07. The van der Waals surface area contributed by atoms with Crippen molar-refractivity contribution in [1.82, 2.24) is 9.88 Å². The van der Waals surface area contributed by atoms with Crippen molar-refractivity contribution in [3.63, 3.8) is 0 Å². The number of ether oxygens (including phenoxy) is 3. The molecule has 0 radical (unpaired) electrons. The molecular weight excluding hydrogens is 322 g/mol. The van der Waals surface area contributed by atoms with Gasteiger partial charge in [-0.1, -0.05) is 6.07 Å². The summed E-state index contributed by atoms with van der Waals surface area (Å²) in [4.78, 5) is 18.9. The first-order chi connectivity index (χ1) is 12.1. The summed E-state index contributed by atoms with van der Waals surface area (Å²) >= 11 is 0. The van der Waals surface area contributed by atoms with E-state index in [0.29, 0.717) is 42.6 Å². The molecule has 7 nitrogen and oxygen atoms in total.